The van der Waals surface area contributed by atoms with Crippen molar-refractivity contribution in [1.82, 2.24) is 25.5 Å². The molecule has 1 heterocycles. The van der Waals surface area contributed by atoms with Gasteiger partial charge in [0.2, 0.25) is 5.91 Å². The fourth-order valence-corrected chi connectivity index (χ4v) is 1.31. The van der Waals surface area contributed by atoms with Crippen molar-refractivity contribution in [3.8, 4) is 5.75 Å². The number of tetrazole rings is 1. The summed E-state index contributed by atoms with van der Waals surface area (Å²) in [5.41, 5.74) is 0.664. The average molecular weight is 233 g/mol. The Hall–Kier alpha value is -2.44. The minimum atomic E-state index is -0.222. The van der Waals surface area contributed by atoms with Gasteiger partial charge in [-0.1, -0.05) is 18.2 Å². The van der Waals surface area contributed by atoms with Crippen LogP contribution in [0.4, 0.5) is 0 Å². The van der Waals surface area contributed by atoms with E-state index in [-0.39, 0.29) is 24.7 Å². The number of nitrogens with zero attached hydrogens (tertiary/aromatic N) is 4. The van der Waals surface area contributed by atoms with Gasteiger partial charge in [0.15, 0.2) is 0 Å². The van der Waals surface area contributed by atoms with Crippen LogP contribution in [0.15, 0.2) is 30.6 Å². The van der Waals surface area contributed by atoms with Gasteiger partial charge < -0.3 is 10.4 Å². The van der Waals surface area contributed by atoms with E-state index in [1.165, 1.54) is 11.0 Å². The fraction of sp³-hybridized carbons (Fsp3) is 0.200. The topological polar surface area (TPSA) is 92.9 Å². The molecule has 17 heavy (non-hydrogen) atoms. The summed E-state index contributed by atoms with van der Waals surface area (Å²) in [7, 11) is 0. The summed E-state index contributed by atoms with van der Waals surface area (Å²) in [6, 6.07) is 6.83. The highest BCUT2D eigenvalue weighted by atomic mass is 16.3. The van der Waals surface area contributed by atoms with Gasteiger partial charge in [-0.3, -0.25) is 4.79 Å². The highest BCUT2D eigenvalue weighted by Gasteiger charge is 2.05. The summed E-state index contributed by atoms with van der Waals surface area (Å²) in [5, 5.41) is 22.6. The molecule has 0 bridgehead atoms. The second kappa shape index (κ2) is 5.06. The molecule has 2 aromatic rings. The van der Waals surface area contributed by atoms with Gasteiger partial charge in [-0.15, -0.1) is 5.10 Å². The van der Waals surface area contributed by atoms with E-state index in [1.54, 1.807) is 24.3 Å². The third kappa shape index (κ3) is 3.00. The fourth-order valence-electron chi connectivity index (χ4n) is 1.31. The number of aromatic hydroxyl groups is 1. The van der Waals surface area contributed by atoms with Gasteiger partial charge in [0.25, 0.3) is 0 Å². The summed E-state index contributed by atoms with van der Waals surface area (Å²) in [5.74, 6) is -0.0595. The summed E-state index contributed by atoms with van der Waals surface area (Å²) in [6.45, 7) is 0.328. The summed E-state index contributed by atoms with van der Waals surface area (Å²) >= 11 is 0. The monoisotopic (exact) mass is 233 g/mol. The molecule has 1 aromatic carbocycles. The Morgan fingerprint density at radius 3 is 2.94 bits per heavy atom. The molecule has 0 aliphatic heterocycles. The molecule has 1 aromatic heterocycles. The van der Waals surface area contributed by atoms with Crippen LogP contribution in [0.25, 0.3) is 0 Å². The molecule has 0 atom stereocenters. The molecule has 0 fully saturated rings. The molecule has 1 amide bonds. The van der Waals surface area contributed by atoms with Crippen LogP contribution >= 0.6 is 0 Å². The van der Waals surface area contributed by atoms with Gasteiger partial charge in [-0.05, 0) is 16.5 Å². The van der Waals surface area contributed by atoms with Crippen molar-refractivity contribution in [2.75, 3.05) is 0 Å². The second-order valence-electron chi connectivity index (χ2n) is 3.41. The predicted octanol–water partition coefficient (Wildman–Crippen LogP) is -0.305. The number of carbonyl (C=O) groups is 1. The minimum absolute atomic E-state index is 0.0561. The lowest BCUT2D eigenvalue weighted by Gasteiger charge is -2.06. The maximum Gasteiger partial charge on any atom is 0.242 e. The molecule has 0 saturated carbocycles. The van der Waals surface area contributed by atoms with E-state index in [4.69, 9.17) is 0 Å². The highest BCUT2D eigenvalue weighted by molar-refractivity contribution is 5.75. The number of rotatable bonds is 4. The zero-order chi connectivity index (χ0) is 12.1. The van der Waals surface area contributed by atoms with Crippen LogP contribution in [0.5, 0.6) is 5.75 Å². The molecular weight excluding hydrogens is 222 g/mol. The molecule has 88 valence electrons. The molecule has 2 rings (SSSR count). The van der Waals surface area contributed by atoms with Crippen LogP contribution < -0.4 is 5.32 Å². The van der Waals surface area contributed by atoms with Crippen molar-refractivity contribution in [2.24, 2.45) is 0 Å². The molecule has 2 N–H and O–H groups in total. The Morgan fingerprint density at radius 1 is 1.41 bits per heavy atom. The number of nitrogens with one attached hydrogen (secondary N) is 1. The van der Waals surface area contributed by atoms with Crippen LogP contribution in [0.3, 0.4) is 0 Å². The normalized spacial score (nSPS) is 10.1. The van der Waals surface area contributed by atoms with E-state index in [9.17, 15) is 9.90 Å². The van der Waals surface area contributed by atoms with Crippen molar-refractivity contribution in [2.45, 2.75) is 13.1 Å². The van der Waals surface area contributed by atoms with Crippen LogP contribution in [0.1, 0.15) is 5.56 Å². The summed E-state index contributed by atoms with van der Waals surface area (Å²) < 4.78 is 1.32. The highest BCUT2D eigenvalue weighted by Crippen LogP contribution is 2.14. The summed E-state index contributed by atoms with van der Waals surface area (Å²) in [4.78, 5) is 11.5. The van der Waals surface area contributed by atoms with Crippen LogP contribution in [-0.2, 0) is 17.9 Å². The van der Waals surface area contributed by atoms with Crippen LogP contribution in [0, 0.1) is 0 Å². The predicted molar refractivity (Wildman–Crippen MR) is 57.8 cm³/mol. The number of phenolic OH excluding ortho intramolecular Hbond substituents is 1. The van der Waals surface area contributed by atoms with Gasteiger partial charge >= 0.3 is 0 Å². The largest absolute Gasteiger partial charge is 0.508 e. The number of para-hydroxylation sites is 1. The van der Waals surface area contributed by atoms with Crippen molar-refractivity contribution < 1.29 is 9.90 Å². The Kier molecular flexibility index (Phi) is 3.29. The van der Waals surface area contributed by atoms with E-state index in [1.807, 2.05) is 0 Å². The number of hydrogen-bond acceptors (Lipinski definition) is 5. The van der Waals surface area contributed by atoms with E-state index in [2.05, 4.69) is 20.8 Å². The first-order chi connectivity index (χ1) is 8.25. The second-order valence-corrected chi connectivity index (χ2v) is 3.41. The number of benzene rings is 1. The third-order valence-corrected chi connectivity index (χ3v) is 2.16. The van der Waals surface area contributed by atoms with Crippen LogP contribution in [0.2, 0.25) is 0 Å². The van der Waals surface area contributed by atoms with Gasteiger partial charge in [0, 0.05) is 12.1 Å². The van der Waals surface area contributed by atoms with Gasteiger partial charge in [0.05, 0.1) is 0 Å². The van der Waals surface area contributed by atoms with Gasteiger partial charge in [-0.2, -0.15) is 0 Å². The van der Waals surface area contributed by atoms with Crippen molar-refractivity contribution >= 4 is 5.91 Å². The molecule has 7 heteroatoms. The molecule has 0 saturated heterocycles. The number of phenols is 1. The maximum atomic E-state index is 11.5. The van der Waals surface area contributed by atoms with E-state index >= 15 is 0 Å². The lowest BCUT2D eigenvalue weighted by Crippen LogP contribution is -2.27. The lowest BCUT2D eigenvalue weighted by molar-refractivity contribution is -0.122. The van der Waals surface area contributed by atoms with E-state index in [0.717, 1.165) is 0 Å². The number of carbonyl (C=O) groups excluding carboxylic acids is 1. The molecule has 0 aliphatic rings. The molecular formula is C10H11N5O2. The Balaban J connectivity index is 1.86. The van der Waals surface area contributed by atoms with Gasteiger partial charge in [0.1, 0.15) is 18.6 Å². The Bertz CT molecular complexity index is 497. The molecule has 7 nitrogen and oxygen atoms in total. The zero-order valence-corrected chi connectivity index (χ0v) is 8.95. The lowest BCUT2D eigenvalue weighted by atomic mass is 10.2. The minimum Gasteiger partial charge on any atom is -0.508 e. The number of aromatic nitrogens is 4. The molecule has 0 aliphatic carbocycles. The smallest absolute Gasteiger partial charge is 0.242 e. The first-order valence-electron chi connectivity index (χ1n) is 5.00. The first-order valence-corrected chi connectivity index (χ1v) is 5.00. The standard InChI is InChI=1S/C10H11N5O2/c16-9-4-2-1-3-8(9)5-11-10(17)6-15-7-12-13-14-15/h1-4,7,16H,5-6H2,(H,11,17). The Morgan fingerprint density at radius 2 is 2.24 bits per heavy atom. The molecule has 0 unspecified atom stereocenters. The maximum absolute atomic E-state index is 11.5. The number of amides is 1. The van der Waals surface area contributed by atoms with Crippen molar-refractivity contribution in [1.29, 1.82) is 0 Å². The third-order valence-electron chi connectivity index (χ3n) is 2.16. The van der Waals surface area contributed by atoms with Crippen molar-refractivity contribution in [3.63, 3.8) is 0 Å². The van der Waals surface area contributed by atoms with E-state index < -0.39 is 0 Å². The quantitative estimate of drug-likeness (QED) is 0.756. The van der Waals surface area contributed by atoms with Crippen LogP contribution in [-0.4, -0.2) is 31.2 Å². The molecule has 0 radical (unpaired) electrons. The first kappa shape index (κ1) is 11.1. The SMILES string of the molecule is O=C(Cn1cnnn1)NCc1ccccc1O. The van der Waals surface area contributed by atoms with E-state index in [0.29, 0.717) is 5.56 Å². The summed E-state index contributed by atoms with van der Waals surface area (Å²) in [6.07, 6.45) is 1.36. The molecule has 0 spiro atoms. The number of hydrogen-bond donors (Lipinski definition) is 2. The average Bonchev–Trinajstić information content (AvgIpc) is 2.81. The van der Waals surface area contributed by atoms with Crippen molar-refractivity contribution in [3.05, 3.63) is 36.2 Å². The zero-order valence-electron chi connectivity index (χ0n) is 8.95. The Labute approximate surface area is 97.1 Å². The van der Waals surface area contributed by atoms with Gasteiger partial charge in [-0.25, -0.2) is 4.68 Å².